The Kier molecular flexibility index (Phi) is 7.48. The molecule has 0 radical (unpaired) electrons. The van der Waals surface area contributed by atoms with Gasteiger partial charge >= 0.3 is 0 Å². The molecule has 0 aliphatic carbocycles. The summed E-state index contributed by atoms with van der Waals surface area (Å²) in [5.41, 5.74) is 0.192. The molecule has 1 aromatic carbocycles. The second-order valence-corrected chi connectivity index (χ2v) is 11.8. The summed E-state index contributed by atoms with van der Waals surface area (Å²) in [5, 5.41) is 5.95. The van der Waals surface area contributed by atoms with Gasteiger partial charge in [-0.1, -0.05) is 28.6 Å². The number of nitrogens with zero attached hydrogens (tertiary/aromatic N) is 3. The Morgan fingerprint density at radius 3 is 2.64 bits per heavy atom. The molecule has 2 aliphatic heterocycles. The van der Waals surface area contributed by atoms with Crippen LogP contribution in [-0.4, -0.2) is 77.4 Å². The van der Waals surface area contributed by atoms with E-state index in [0.717, 1.165) is 6.20 Å². The maximum atomic E-state index is 13.2. The van der Waals surface area contributed by atoms with E-state index in [0.29, 0.717) is 48.0 Å². The number of carbonyl (C=O) groups excluding carboxylic acids is 1. The minimum absolute atomic E-state index is 0.0470. The van der Waals surface area contributed by atoms with E-state index in [1.54, 1.807) is 0 Å². The summed E-state index contributed by atoms with van der Waals surface area (Å²) >= 11 is 0.662. The molecule has 2 fully saturated rings. The first kappa shape index (κ1) is 23.9. The van der Waals surface area contributed by atoms with Crippen molar-refractivity contribution in [3.05, 3.63) is 41.2 Å². The number of nitrogens with one attached hydrogen (secondary N) is 1. The number of hydrogen-bond donors (Lipinski definition) is 1. The van der Waals surface area contributed by atoms with Crippen LogP contribution in [0.4, 0.5) is 9.52 Å². The second-order valence-electron chi connectivity index (χ2n) is 7.23. The van der Waals surface area contributed by atoms with Gasteiger partial charge in [-0.25, -0.2) is 13.4 Å². The summed E-state index contributed by atoms with van der Waals surface area (Å²) in [6.45, 7) is 1.24. The van der Waals surface area contributed by atoms with Crippen molar-refractivity contribution in [1.29, 1.82) is 0 Å². The van der Waals surface area contributed by atoms with Gasteiger partial charge in [0.2, 0.25) is 10.0 Å². The number of hydrogen-bond acceptors (Lipinski definition) is 9. The average Bonchev–Trinajstić information content (AvgIpc) is 3.46. The van der Waals surface area contributed by atoms with Crippen molar-refractivity contribution in [2.75, 3.05) is 43.1 Å². The van der Waals surface area contributed by atoms with Crippen LogP contribution in [0.25, 0.3) is 0 Å². The van der Waals surface area contributed by atoms with Crippen LogP contribution in [0.3, 0.4) is 0 Å². The van der Waals surface area contributed by atoms with Crippen LogP contribution in [-0.2, 0) is 35.2 Å². The van der Waals surface area contributed by atoms with Crippen LogP contribution in [0.15, 0.2) is 40.5 Å². The largest absolute Gasteiger partial charge is 0.389 e. The molecule has 4 rings (SSSR count). The number of amides is 1. The van der Waals surface area contributed by atoms with Crippen molar-refractivity contribution in [1.82, 2.24) is 9.29 Å². The Balaban J connectivity index is 1.56. The molecule has 0 unspecified atom stereocenters. The number of rotatable bonds is 7. The zero-order valence-corrected chi connectivity index (χ0v) is 19.8. The summed E-state index contributed by atoms with van der Waals surface area (Å²) < 4.78 is 57.1. The van der Waals surface area contributed by atoms with Crippen LogP contribution in [0.1, 0.15) is 12.0 Å². The molecule has 1 N–H and O–H groups in total. The molecule has 3 heterocycles. The Hall–Kier alpha value is -2.26. The van der Waals surface area contributed by atoms with Gasteiger partial charge in [0.1, 0.15) is 0 Å². The number of thiazole rings is 1. The van der Waals surface area contributed by atoms with Crippen LogP contribution >= 0.6 is 11.3 Å². The van der Waals surface area contributed by atoms with E-state index in [1.165, 1.54) is 28.6 Å². The Morgan fingerprint density at radius 2 is 2.03 bits per heavy atom. The van der Waals surface area contributed by atoms with Gasteiger partial charge in [0.15, 0.2) is 22.1 Å². The summed E-state index contributed by atoms with van der Waals surface area (Å²) in [6, 6.07) is 5.65. The molecule has 14 heteroatoms. The summed E-state index contributed by atoms with van der Waals surface area (Å²) in [4.78, 5) is 22.1. The molecule has 1 amide bonds. The van der Waals surface area contributed by atoms with Gasteiger partial charge in [0, 0.05) is 47.4 Å². The van der Waals surface area contributed by atoms with Crippen molar-refractivity contribution in [3.8, 4) is 0 Å². The maximum absolute atomic E-state index is 13.2. The fraction of sp³-hybridized carbons (Fsp3) is 0.421. The van der Waals surface area contributed by atoms with E-state index in [4.69, 9.17) is 9.57 Å². The molecule has 10 nitrogen and oxygen atoms in total. The fourth-order valence-electron chi connectivity index (χ4n) is 3.21. The van der Waals surface area contributed by atoms with E-state index in [2.05, 4.69) is 15.5 Å². The van der Waals surface area contributed by atoms with E-state index in [1.807, 2.05) is 0 Å². The topological polar surface area (TPSA) is 127 Å². The first-order valence-electron chi connectivity index (χ1n) is 10.0. The van der Waals surface area contributed by atoms with Gasteiger partial charge in [-0.3, -0.25) is 14.3 Å². The lowest BCUT2D eigenvalue weighted by Gasteiger charge is -2.25. The Bertz CT molecular complexity index is 1150. The predicted octanol–water partition coefficient (Wildman–Crippen LogP) is 1.18. The zero-order chi connectivity index (χ0) is 23.4. The molecule has 0 spiro atoms. The minimum atomic E-state index is -3.76. The number of carbonyl (C=O) groups is 1. The lowest BCUT2D eigenvalue weighted by atomic mass is 10.1. The average molecular weight is 517 g/mol. The fourth-order valence-corrected chi connectivity index (χ4v) is 6.48. The molecular weight excluding hydrogens is 495 g/mol. The van der Waals surface area contributed by atoms with Gasteiger partial charge in [-0.2, -0.15) is 8.70 Å². The third-order valence-corrected chi connectivity index (χ3v) is 8.89. The van der Waals surface area contributed by atoms with Crippen molar-refractivity contribution in [3.63, 3.8) is 0 Å². The second kappa shape index (κ2) is 10.3. The standard InChI is InChI=1S/C19H21FN4O6S3/c20-16-11-21-19(31-16)22-18(25)17(23-30-14-5-8-29-12-14)13-1-3-15(4-2-13)33(27,28)24-6-9-32(26)10-7-24/h1-4,11,14H,5-10,12H2,(H,21,22,25)/t14-/m1/s1. The lowest BCUT2D eigenvalue weighted by molar-refractivity contribution is -0.110. The first-order valence-corrected chi connectivity index (χ1v) is 13.8. The molecule has 0 saturated carbocycles. The molecule has 33 heavy (non-hydrogen) atoms. The van der Waals surface area contributed by atoms with Gasteiger partial charge in [-0.05, 0) is 12.1 Å². The number of sulfonamides is 1. The predicted molar refractivity (Wildman–Crippen MR) is 121 cm³/mol. The zero-order valence-electron chi connectivity index (χ0n) is 17.3. The summed E-state index contributed by atoms with van der Waals surface area (Å²) in [7, 11) is -4.76. The van der Waals surface area contributed by atoms with E-state index >= 15 is 0 Å². The lowest BCUT2D eigenvalue weighted by Crippen LogP contribution is -2.41. The number of anilines is 1. The van der Waals surface area contributed by atoms with Crippen molar-refractivity contribution in [2.24, 2.45) is 5.16 Å². The Morgan fingerprint density at radius 1 is 1.30 bits per heavy atom. The molecule has 1 aromatic heterocycles. The third-order valence-electron chi connectivity index (χ3n) is 5.00. The number of benzene rings is 1. The third kappa shape index (κ3) is 5.81. The van der Waals surface area contributed by atoms with E-state index < -0.39 is 31.9 Å². The van der Waals surface area contributed by atoms with Crippen LogP contribution < -0.4 is 5.32 Å². The molecular formula is C19H21FN4O6S3. The van der Waals surface area contributed by atoms with Gasteiger partial charge < -0.3 is 9.57 Å². The van der Waals surface area contributed by atoms with Gasteiger partial charge in [0.05, 0.1) is 24.3 Å². The van der Waals surface area contributed by atoms with Crippen LogP contribution in [0, 0.1) is 5.13 Å². The minimum Gasteiger partial charge on any atom is -0.389 e. The SMILES string of the molecule is O=C(Nc1ncc(F)s1)C(=NO[C@@H]1CCOC1)c1ccc(S(=O)(=O)N2CCS(=O)CC2)cc1. The number of aromatic nitrogens is 1. The first-order chi connectivity index (χ1) is 15.8. The summed E-state index contributed by atoms with van der Waals surface area (Å²) in [5.74, 6) is -0.0841. The molecule has 178 valence electrons. The van der Waals surface area contributed by atoms with E-state index in [-0.39, 0.29) is 34.9 Å². The van der Waals surface area contributed by atoms with Crippen molar-refractivity contribution in [2.45, 2.75) is 17.4 Å². The molecule has 2 saturated heterocycles. The van der Waals surface area contributed by atoms with Crippen molar-refractivity contribution < 1.29 is 31.4 Å². The van der Waals surface area contributed by atoms with Crippen LogP contribution in [0.5, 0.6) is 0 Å². The monoisotopic (exact) mass is 516 g/mol. The molecule has 0 bridgehead atoms. The highest BCUT2D eigenvalue weighted by molar-refractivity contribution is 7.89. The normalized spacial score (nSPS) is 20.6. The highest BCUT2D eigenvalue weighted by Crippen LogP contribution is 2.20. The quantitative estimate of drug-likeness (QED) is 0.432. The molecule has 2 aliphatic rings. The maximum Gasteiger partial charge on any atom is 0.280 e. The smallest absolute Gasteiger partial charge is 0.280 e. The van der Waals surface area contributed by atoms with E-state index in [9.17, 15) is 21.8 Å². The number of oxime groups is 1. The van der Waals surface area contributed by atoms with Gasteiger partial charge in [-0.15, -0.1) is 0 Å². The summed E-state index contributed by atoms with van der Waals surface area (Å²) in [6.07, 6.45) is 1.29. The van der Waals surface area contributed by atoms with Crippen LogP contribution in [0.2, 0.25) is 0 Å². The highest BCUT2D eigenvalue weighted by Gasteiger charge is 2.28. The van der Waals surface area contributed by atoms with Crippen molar-refractivity contribution >= 4 is 48.9 Å². The molecule has 1 atom stereocenters. The van der Waals surface area contributed by atoms with Gasteiger partial charge in [0.25, 0.3) is 5.91 Å². The molecule has 2 aromatic rings. The number of ether oxygens (including phenoxy) is 1. The number of halogens is 1. The highest BCUT2D eigenvalue weighted by atomic mass is 32.2. The Labute approximate surface area is 196 Å².